The van der Waals surface area contributed by atoms with Crippen molar-refractivity contribution in [2.24, 2.45) is 5.41 Å². The Kier molecular flexibility index (Phi) is 4.61. The Morgan fingerprint density at radius 1 is 1.37 bits per heavy atom. The topological polar surface area (TPSA) is 35.8 Å². The Balaban J connectivity index is 1.97. The number of hydrogen-bond acceptors (Lipinski definition) is 2. The Labute approximate surface area is 116 Å². The van der Waals surface area contributed by atoms with E-state index >= 15 is 0 Å². The van der Waals surface area contributed by atoms with Gasteiger partial charge >= 0.3 is 0 Å². The number of rotatable bonds is 5. The molecule has 102 valence electrons. The summed E-state index contributed by atoms with van der Waals surface area (Å²) < 4.78 is 0. The van der Waals surface area contributed by atoms with E-state index in [4.69, 9.17) is 5.26 Å². The van der Waals surface area contributed by atoms with E-state index in [1.165, 1.54) is 37.7 Å². The lowest BCUT2D eigenvalue weighted by atomic mass is 9.83. The lowest BCUT2D eigenvalue weighted by Crippen LogP contribution is -2.33. The van der Waals surface area contributed by atoms with Gasteiger partial charge in [-0.05, 0) is 49.3 Å². The third kappa shape index (κ3) is 3.36. The highest BCUT2D eigenvalue weighted by Crippen LogP contribution is 2.40. The fourth-order valence-corrected chi connectivity index (χ4v) is 3.15. The Morgan fingerprint density at radius 2 is 2.11 bits per heavy atom. The summed E-state index contributed by atoms with van der Waals surface area (Å²) >= 11 is 0. The molecule has 0 spiro atoms. The highest BCUT2D eigenvalue weighted by molar-refractivity contribution is 5.34. The molecule has 0 aromatic heterocycles. The van der Waals surface area contributed by atoms with Crippen molar-refractivity contribution in [1.82, 2.24) is 5.32 Å². The van der Waals surface area contributed by atoms with Crippen molar-refractivity contribution in [1.29, 1.82) is 5.26 Å². The smallest absolute Gasteiger partial charge is 0.0991 e. The first-order valence-corrected chi connectivity index (χ1v) is 7.42. The quantitative estimate of drug-likeness (QED) is 0.858. The first-order valence-electron chi connectivity index (χ1n) is 7.42. The van der Waals surface area contributed by atoms with E-state index in [0.717, 1.165) is 12.1 Å². The maximum atomic E-state index is 8.96. The number of nitrogens with one attached hydrogen (secondary N) is 1. The van der Waals surface area contributed by atoms with Gasteiger partial charge in [0.05, 0.1) is 11.6 Å². The van der Waals surface area contributed by atoms with E-state index < -0.39 is 0 Å². The van der Waals surface area contributed by atoms with Gasteiger partial charge in [0.2, 0.25) is 0 Å². The number of benzene rings is 1. The zero-order valence-electron chi connectivity index (χ0n) is 12.1. The van der Waals surface area contributed by atoms with Gasteiger partial charge in [-0.25, -0.2) is 0 Å². The van der Waals surface area contributed by atoms with Gasteiger partial charge in [-0.15, -0.1) is 0 Å². The second-order valence-corrected chi connectivity index (χ2v) is 5.90. The van der Waals surface area contributed by atoms with Crippen LogP contribution in [0, 0.1) is 16.7 Å². The number of hydrogen-bond donors (Lipinski definition) is 1. The lowest BCUT2D eigenvalue weighted by molar-refractivity contribution is 0.259. The van der Waals surface area contributed by atoms with Gasteiger partial charge in [-0.1, -0.05) is 31.9 Å². The molecule has 0 amide bonds. The highest BCUT2D eigenvalue weighted by atomic mass is 14.9. The molecule has 19 heavy (non-hydrogen) atoms. The van der Waals surface area contributed by atoms with Gasteiger partial charge in [-0.2, -0.15) is 5.26 Å². The normalized spacial score (nSPS) is 19.0. The van der Waals surface area contributed by atoms with Crippen LogP contribution in [0.4, 0.5) is 0 Å². The predicted molar refractivity (Wildman–Crippen MR) is 78.8 cm³/mol. The molecule has 2 nitrogen and oxygen atoms in total. The second-order valence-electron chi connectivity index (χ2n) is 5.90. The molecule has 0 aliphatic heterocycles. The third-order valence-electron chi connectivity index (χ3n) is 4.71. The fraction of sp³-hybridized carbons (Fsp3) is 0.588. The summed E-state index contributed by atoms with van der Waals surface area (Å²) in [6.45, 7) is 5.60. The van der Waals surface area contributed by atoms with Crippen molar-refractivity contribution in [3.05, 3.63) is 35.4 Å². The summed E-state index contributed by atoms with van der Waals surface area (Å²) in [4.78, 5) is 0. The minimum absolute atomic E-state index is 0.317. The van der Waals surface area contributed by atoms with Crippen LogP contribution < -0.4 is 5.32 Å². The molecule has 1 atom stereocenters. The van der Waals surface area contributed by atoms with E-state index in [-0.39, 0.29) is 0 Å². The van der Waals surface area contributed by atoms with Gasteiger partial charge in [0.15, 0.2) is 0 Å². The molecule has 1 saturated carbocycles. The van der Waals surface area contributed by atoms with Crippen LogP contribution in [0.2, 0.25) is 0 Å². The van der Waals surface area contributed by atoms with E-state index in [1.54, 1.807) is 0 Å². The van der Waals surface area contributed by atoms with Gasteiger partial charge in [-0.3, -0.25) is 0 Å². The van der Waals surface area contributed by atoms with Gasteiger partial charge in [0, 0.05) is 12.6 Å². The summed E-state index contributed by atoms with van der Waals surface area (Å²) in [5, 5.41) is 12.6. The van der Waals surface area contributed by atoms with Crippen LogP contribution >= 0.6 is 0 Å². The Bertz CT molecular complexity index is 453. The molecule has 0 bridgehead atoms. The van der Waals surface area contributed by atoms with Crippen LogP contribution in [0.5, 0.6) is 0 Å². The maximum Gasteiger partial charge on any atom is 0.0991 e. The van der Waals surface area contributed by atoms with Crippen LogP contribution in [0.1, 0.15) is 63.1 Å². The molecule has 2 heteroatoms. The summed E-state index contributed by atoms with van der Waals surface area (Å²) in [6.07, 6.45) is 6.76. The molecule has 0 saturated heterocycles. The lowest BCUT2D eigenvalue weighted by Gasteiger charge is -2.30. The summed E-state index contributed by atoms with van der Waals surface area (Å²) in [6, 6.07) is 10.5. The predicted octanol–water partition coefficient (Wildman–Crippen LogP) is 4.18. The molecule has 0 radical (unpaired) electrons. The molecule has 1 N–H and O–H groups in total. The maximum absolute atomic E-state index is 8.96. The van der Waals surface area contributed by atoms with E-state index in [0.29, 0.717) is 11.5 Å². The van der Waals surface area contributed by atoms with Crippen molar-refractivity contribution in [3.63, 3.8) is 0 Å². The minimum Gasteiger partial charge on any atom is -0.310 e. The standard InChI is InChI=1S/C17H24N2/c1-3-17(9-4-5-10-17)13-19-14(2)16-8-6-7-15(11-16)12-18/h6-8,11,14,19H,3-5,9-10,13H2,1-2H3. The molecule has 1 aromatic rings. The SMILES string of the molecule is CCC1(CNC(C)c2cccc(C#N)c2)CCCC1. The van der Waals surface area contributed by atoms with Gasteiger partial charge < -0.3 is 5.32 Å². The largest absolute Gasteiger partial charge is 0.310 e. The first-order chi connectivity index (χ1) is 9.19. The van der Waals surface area contributed by atoms with Crippen LogP contribution in [0.3, 0.4) is 0 Å². The van der Waals surface area contributed by atoms with Crippen molar-refractivity contribution in [3.8, 4) is 6.07 Å². The van der Waals surface area contributed by atoms with Crippen LogP contribution in [-0.2, 0) is 0 Å². The Hall–Kier alpha value is -1.33. The highest BCUT2D eigenvalue weighted by Gasteiger charge is 2.31. The molecule has 2 rings (SSSR count). The van der Waals surface area contributed by atoms with E-state index in [2.05, 4.69) is 31.3 Å². The van der Waals surface area contributed by atoms with Crippen LogP contribution in [0.15, 0.2) is 24.3 Å². The number of nitriles is 1. The van der Waals surface area contributed by atoms with Crippen molar-refractivity contribution >= 4 is 0 Å². The number of nitrogens with zero attached hydrogens (tertiary/aromatic N) is 1. The summed E-state index contributed by atoms with van der Waals surface area (Å²) in [7, 11) is 0. The molecular weight excluding hydrogens is 232 g/mol. The van der Waals surface area contributed by atoms with E-state index in [1.807, 2.05) is 18.2 Å². The first kappa shape index (κ1) is 14.1. The summed E-state index contributed by atoms with van der Waals surface area (Å²) in [5.74, 6) is 0. The zero-order chi connectivity index (χ0) is 13.7. The average Bonchev–Trinajstić information content (AvgIpc) is 2.94. The van der Waals surface area contributed by atoms with Crippen LogP contribution in [-0.4, -0.2) is 6.54 Å². The summed E-state index contributed by atoms with van der Waals surface area (Å²) in [5.41, 5.74) is 2.47. The monoisotopic (exact) mass is 256 g/mol. The van der Waals surface area contributed by atoms with Gasteiger partial charge in [0.25, 0.3) is 0 Å². The molecule has 1 fully saturated rings. The van der Waals surface area contributed by atoms with Crippen molar-refractivity contribution in [2.75, 3.05) is 6.54 Å². The van der Waals surface area contributed by atoms with E-state index in [9.17, 15) is 0 Å². The molecule has 0 heterocycles. The average molecular weight is 256 g/mol. The molecule has 1 aliphatic carbocycles. The zero-order valence-corrected chi connectivity index (χ0v) is 12.1. The fourth-order valence-electron chi connectivity index (χ4n) is 3.15. The molecule has 1 aliphatic rings. The van der Waals surface area contributed by atoms with Crippen molar-refractivity contribution in [2.45, 2.75) is 52.0 Å². The molecule has 1 unspecified atom stereocenters. The third-order valence-corrected chi connectivity index (χ3v) is 4.71. The molecule has 1 aromatic carbocycles. The van der Waals surface area contributed by atoms with Gasteiger partial charge in [0.1, 0.15) is 0 Å². The van der Waals surface area contributed by atoms with Crippen LogP contribution in [0.25, 0.3) is 0 Å². The second kappa shape index (κ2) is 6.21. The van der Waals surface area contributed by atoms with Crippen molar-refractivity contribution < 1.29 is 0 Å². The molecular formula is C17H24N2. The minimum atomic E-state index is 0.317. The Morgan fingerprint density at radius 3 is 2.74 bits per heavy atom.